The third kappa shape index (κ3) is 1.53. The van der Waals surface area contributed by atoms with Gasteiger partial charge in [-0.25, -0.2) is 0 Å². The van der Waals surface area contributed by atoms with Crippen molar-refractivity contribution in [3.05, 3.63) is 0 Å². The summed E-state index contributed by atoms with van der Waals surface area (Å²) in [6.45, 7) is 5.56. The Kier molecular flexibility index (Phi) is 2.73. The smallest absolute Gasteiger partial charge is 0.171 e. The third-order valence-corrected chi connectivity index (χ3v) is 9.13. The maximum Gasteiger partial charge on any atom is 0.171 e. The van der Waals surface area contributed by atoms with Crippen LogP contribution in [0, 0.1) is 39.9 Å². The fraction of sp³-hybridized carbons (Fsp3) is 0.950. The fourth-order valence-electron chi connectivity index (χ4n) is 8.24. The summed E-state index contributed by atoms with van der Waals surface area (Å²) >= 11 is 0. The molecule has 0 radical (unpaired) electrons. The quantitative estimate of drug-likeness (QED) is 0.752. The molecule has 0 aromatic carbocycles. The van der Waals surface area contributed by atoms with Crippen LogP contribution in [0.4, 0.5) is 0 Å². The van der Waals surface area contributed by atoms with E-state index in [9.17, 15) is 9.90 Å². The number of rotatable bonds is 1. The first-order valence-corrected chi connectivity index (χ1v) is 9.69. The summed E-state index contributed by atoms with van der Waals surface area (Å²) in [6, 6.07) is 0. The lowest BCUT2D eigenvalue weighted by Crippen LogP contribution is -2.74. The number of carbonyl (C=O) groups excluding carboxylic acids is 1. The fourth-order valence-corrected chi connectivity index (χ4v) is 8.24. The van der Waals surface area contributed by atoms with E-state index in [1.165, 1.54) is 38.4 Å². The topological polar surface area (TPSA) is 46.5 Å². The van der Waals surface area contributed by atoms with Gasteiger partial charge in [-0.05, 0) is 61.7 Å². The molecule has 4 saturated carbocycles. The highest BCUT2D eigenvalue weighted by atomic mass is 16.6. The van der Waals surface area contributed by atoms with Gasteiger partial charge in [0, 0.05) is 23.2 Å². The van der Waals surface area contributed by atoms with Crippen molar-refractivity contribution in [1.29, 1.82) is 0 Å². The minimum absolute atomic E-state index is 0.135. The van der Waals surface area contributed by atoms with E-state index >= 15 is 0 Å². The van der Waals surface area contributed by atoms with Crippen molar-refractivity contribution < 1.29 is 14.6 Å². The molecule has 23 heavy (non-hydrogen) atoms. The molecule has 2 spiro atoms. The Bertz CT molecular complexity index is 557. The predicted molar refractivity (Wildman–Crippen MR) is 86.5 cm³/mol. The Morgan fingerprint density at radius 1 is 1.09 bits per heavy atom. The predicted octanol–water partition coefficient (Wildman–Crippen LogP) is 3.54. The first kappa shape index (κ1) is 14.9. The van der Waals surface area contributed by atoms with Crippen LogP contribution in [-0.4, -0.2) is 23.8 Å². The molecular formula is C20H30O3. The Hall–Kier alpha value is -0.410. The average Bonchev–Trinajstić information content (AvgIpc) is 2.80. The van der Waals surface area contributed by atoms with Crippen molar-refractivity contribution in [2.75, 3.05) is 6.61 Å². The van der Waals surface area contributed by atoms with Crippen molar-refractivity contribution in [1.82, 2.24) is 0 Å². The molecule has 0 amide bonds. The van der Waals surface area contributed by atoms with Gasteiger partial charge in [0.25, 0.3) is 0 Å². The molecule has 3 heteroatoms. The molecule has 1 N–H and O–H groups in total. The van der Waals surface area contributed by atoms with Crippen LogP contribution in [0.3, 0.4) is 0 Å². The standard InChI is InChI=1S/C20H30O3/c1-17(2)6-3-7-18-12-23-20(22,10-16(17)18)19-8-13(4-5-15(18)19)14(9-19)11-21/h11,13-16,22H,3-10,12H2,1-2H3/t13-,14-,15+,16-,18-,19-,20+/m1/s1. The number of ether oxygens (including phenoxy) is 1. The van der Waals surface area contributed by atoms with Gasteiger partial charge in [-0.1, -0.05) is 20.3 Å². The second-order valence-electron chi connectivity index (χ2n) is 10.2. The van der Waals surface area contributed by atoms with Crippen LogP contribution in [0.2, 0.25) is 0 Å². The summed E-state index contributed by atoms with van der Waals surface area (Å²) in [5.41, 5.74) is 0.426. The van der Waals surface area contributed by atoms with Gasteiger partial charge < -0.3 is 14.6 Å². The van der Waals surface area contributed by atoms with Gasteiger partial charge in [0.2, 0.25) is 0 Å². The van der Waals surface area contributed by atoms with Crippen LogP contribution in [0.1, 0.15) is 65.2 Å². The summed E-state index contributed by atoms with van der Waals surface area (Å²) in [7, 11) is 0. The highest BCUT2D eigenvalue weighted by Crippen LogP contribution is 2.77. The second-order valence-corrected chi connectivity index (χ2v) is 10.2. The van der Waals surface area contributed by atoms with E-state index in [2.05, 4.69) is 13.8 Å². The first-order chi connectivity index (χ1) is 10.9. The van der Waals surface area contributed by atoms with Crippen LogP contribution in [0.25, 0.3) is 0 Å². The summed E-state index contributed by atoms with van der Waals surface area (Å²) in [5, 5.41) is 11.6. The van der Waals surface area contributed by atoms with Crippen LogP contribution in [-0.2, 0) is 9.53 Å². The van der Waals surface area contributed by atoms with Gasteiger partial charge in [0.15, 0.2) is 5.79 Å². The minimum atomic E-state index is -0.977. The molecule has 0 unspecified atom stereocenters. The maximum absolute atomic E-state index is 11.6. The number of carbonyl (C=O) groups is 1. The number of hydrogen-bond donors (Lipinski definition) is 1. The highest BCUT2D eigenvalue weighted by molar-refractivity contribution is 5.55. The molecule has 0 aromatic rings. The normalized spacial score (nSPS) is 59.3. The van der Waals surface area contributed by atoms with Crippen LogP contribution in [0.15, 0.2) is 0 Å². The summed E-state index contributed by atoms with van der Waals surface area (Å²) in [4.78, 5) is 11.6. The van der Waals surface area contributed by atoms with Gasteiger partial charge >= 0.3 is 0 Å². The van der Waals surface area contributed by atoms with E-state index in [0.717, 1.165) is 25.9 Å². The molecular weight excluding hydrogens is 288 g/mol. The molecule has 6 fully saturated rings. The zero-order valence-electron chi connectivity index (χ0n) is 14.5. The molecule has 128 valence electrons. The van der Waals surface area contributed by atoms with Crippen LogP contribution >= 0.6 is 0 Å². The molecule has 4 aliphatic carbocycles. The zero-order valence-corrected chi connectivity index (χ0v) is 14.5. The molecule has 2 aliphatic heterocycles. The Balaban J connectivity index is 1.65. The number of hydrogen-bond acceptors (Lipinski definition) is 3. The number of aliphatic hydroxyl groups is 1. The van der Waals surface area contributed by atoms with E-state index < -0.39 is 5.79 Å². The van der Waals surface area contributed by atoms with Crippen molar-refractivity contribution in [3.8, 4) is 0 Å². The molecule has 2 saturated heterocycles. The van der Waals surface area contributed by atoms with E-state index in [4.69, 9.17) is 4.74 Å². The van der Waals surface area contributed by atoms with Gasteiger partial charge in [-0.15, -0.1) is 0 Å². The third-order valence-electron chi connectivity index (χ3n) is 9.13. The molecule has 2 heterocycles. The highest BCUT2D eigenvalue weighted by Gasteiger charge is 2.76. The number of aldehydes is 1. The largest absolute Gasteiger partial charge is 0.365 e. The minimum Gasteiger partial charge on any atom is -0.365 e. The molecule has 7 atom stereocenters. The van der Waals surface area contributed by atoms with E-state index in [-0.39, 0.29) is 16.7 Å². The van der Waals surface area contributed by atoms with Crippen molar-refractivity contribution >= 4 is 6.29 Å². The van der Waals surface area contributed by atoms with E-state index in [1.54, 1.807) is 0 Å². The maximum atomic E-state index is 11.6. The van der Waals surface area contributed by atoms with Gasteiger partial charge in [0.1, 0.15) is 6.29 Å². The molecule has 0 aromatic heterocycles. The summed E-state index contributed by atoms with van der Waals surface area (Å²) in [5.74, 6) is 0.800. The first-order valence-electron chi connectivity index (χ1n) is 9.69. The molecule has 3 nitrogen and oxygen atoms in total. The molecule has 6 rings (SSSR count). The summed E-state index contributed by atoms with van der Waals surface area (Å²) in [6.07, 6.45) is 10.1. The SMILES string of the molecule is CC1(C)CCC[C@]23CO[C@@](O)(C[C@H]12)[C@@]12C[C@@H](CC[C@@H]31)[C@@H](C=O)C2. The van der Waals surface area contributed by atoms with E-state index in [1.807, 2.05) is 0 Å². The van der Waals surface area contributed by atoms with Gasteiger partial charge in [-0.3, -0.25) is 0 Å². The molecule has 4 bridgehead atoms. The Labute approximate surface area is 139 Å². The Morgan fingerprint density at radius 3 is 2.70 bits per heavy atom. The van der Waals surface area contributed by atoms with Gasteiger partial charge in [-0.2, -0.15) is 0 Å². The zero-order chi connectivity index (χ0) is 16.1. The van der Waals surface area contributed by atoms with Crippen LogP contribution < -0.4 is 0 Å². The average molecular weight is 318 g/mol. The lowest BCUT2D eigenvalue weighted by Gasteiger charge is -2.72. The monoisotopic (exact) mass is 318 g/mol. The van der Waals surface area contributed by atoms with Crippen molar-refractivity contribution in [2.45, 2.75) is 71.0 Å². The van der Waals surface area contributed by atoms with Gasteiger partial charge in [0.05, 0.1) is 6.61 Å². The Morgan fingerprint density at radius 2 is 1.91 bits per heavy atom. The van der Waals surface area contributed by atoms with Crippen molar-refractivity contribution in [2.24, 2.45) is 39.9 Å². The lowest BCUT2D eigenvalue weighted by molar-refractivity contribution is -0.413. The second kappa shape index (κ2) is 4.22. The number of fused-ring (bicyclic) bond motifs is 2. The van der Waals surface area contributed by atoms with Crippen molar-refractivity contribution in [3.63, 3.8) is 0 Å². The van der Waals surface area contributed by atoms with Crippen LogP contribution in [0.5, 0.6) is 0 Å². The van der Waals surface area contributed by atoms with E-state index in [0.29, 0.717) is 23.2 Å². The summed E-state index contributed by atoms with van der Waals surface area (Å²) < 4.78 is 6.24. The lowest BCUT2D eigenvalue weighted by atomic mass is 9.38. The molecule has 6 aliphatic rings.